The SMILES string of the molecule is CCCOc1ccc(CNCCCOc2ccccn2)cc1. The lowest BCUT2D eigenvalue weighted by atomic mass is 10.2. The van der Waals surface area contributed by atoms with Crippen molar-refractivity contribution < 1.29 is 9.47 Å². The van der Waals surface area contributed by atoms with Crippen LogP contribution in [-0.4, -0.2) is 24.7 Å². The molecule has 4 nitrogen and oxygen atoms in total. The third-order valence-corrected chi connectivity index (χ3v) is 3.11. The molecule has 1 heterocycles. The van der Waals surface area contributed by atoms with E-state index in [1.54, 1.807) is 6.20 Å². The third kappa shape index (κ3) is 6.14. The van der Waals surface area contributed by atoms with Gasteiger partial charge in [-0.3, -0.25) is 0 Å². The topological polar surface area (TPSA) is 43.4 Å². The van der Waals surface area contributed by atoms with Crippen LogP contribution in [0.1, 0.15) is 25.3 Å². The van der Waals surface area contributed by atoms with Crippen LogP contribution in [0.15, 0.2) is 48.7 Å². The first-order chi connectivity index (χ1) is 10.9. The van der Waals surface area contributed by atoms with Crippen molar-refractivity contribution in [3.63, 3.8) is 0 Å². The van der Waals surface area contributed by atoms with Crippen LogP contribution >= 0.6 is 0 Å². The van der Waals surface area contributed by atoms with Gasteiger partial charge in [0.05, 0.1) is 13.2 Å². The summed E-state index contributed by atoms with van der Waals surface area (Å²) < 4.78 is 11.1. The van der Waals surface area contributed by atoms with Gasteiger partial charge in [-0.25, -0.2) is 4.98 Å². The molecule has 1 N–H and O–H groups in total. The summed E-state index contributed by atoms with van der Waals surface area (Å²) in [5.41, 5.74) is 1.26. The summed E-state index contributed by atoms with van der Waals surface area (Å²) in [7, 11) is 0. The van der Waals surface area contributed by atoms with Gasteiger partial charge in [0.25, 0.3) is 0 Å². The maximum Gasteiger partial charge on any atom is 0.213 e. The molecule has 118 valence electrons. The van der Waals surface area contributed by atoms with E-state index in [-0.39, 0.29) is 0 Å². The second-order valence-corrected chi connectivity index (χ2v) is 5.04. The second-order valence-electron chi connectivity index (χ2n) is 5.04. The largest absolute Gasteiger partial charge is 0.494 e. The van der Waals surface area contributed by atoms with E-state index in [0.29, 0.717) is 12.5 Å². The Hall–Kier alpha value is -2.07. The summed E-state index contributed by atoms with van der Waals surface area (Å²) >= 11 is 0. The van der Waals surface area contributed by atoms with Crippen LogP contribution in [0.5, 0.6) is 11.6 Å². The Bertz CT molecular complexity index is 514. The Balaban J connectivity index is 1.56. The number of nitrogens with zero attached hydrogens (tertiary/aromatic N) is 1. The molecule has 0 aliphatic heterocycles. The van der Waals surface area contributed by atoms with Crippen LogP contribution < -0.4 is 14.8 Å². The molecule has 0 unspecified atom stereocenters. The fraction of sp³-hybridized carbons (Fsp3) is 0.389. The summed E-state index contributed by atoms with van der Waals surface area (Å²) in [5.74, 6) is 1.62. The average molecular weight is 300 g/mol. The van der Waals surface area contributed by atoms with Crippen molar-refractivity contribution in [3.8, 4) is 11.6 Å². The molecule has 0 radical (unpaired) electrons. The Labute approximate surface area is 132 Å². The van der Waals surface area contributed by atoms with Gasteiger partial charge in [-0.1, -0.05) is 25.1 Å². The second kappa shape index (κ2) is 9.79. The molecule has 0 saturated carbocycles. The first-order valence-electron chi connectivity index (χ1n) is 7.85. The number of ether oxygens (including phenoxy) is 2. The highest BCUT2D eigenvalue weighted by molar-refractivity contribution is 5.27. The summed E-state index contributed by atoms with van der Waals surface area (Å²) in [4.78, 5) is 4.12. The van der Waals surface area contributed by atoms with Crippen molar-refractivity contribution in [1.82, 2.24) is 10.3 Å². The number of rotatable bonds is 10. The lowest BCUT2D eigenvalue weighted by Gasteiger charge is -2.08. The minimum atomic E-state index is 0.674. The molecule has 4 heteroatoms. The predicted molar refractivity (Wildman–Crippen MR) is 88.3 cm³/mol. The Kier molecular flexibility index (Phi) is 7.26. The van der Waals surface area contributed by atoms with E-state index in [9.17, 15) is 0 Å². The van der Waals surface area contributed by atoms with Crippen molar-refractivity contribution in [2.75, 3.05) is 19.8 Å². The molecular formula is C18H24N2O2. The summed E-state index contributed by atoms with van der Waals surface area (Å²) in [6, 6.07) is 13.9. The molecule has 0 bridgehead atoms. The van der Waals surface area contributed by atoms with Crippen molar-refractivity contribution in [2.45, 2.75) is 26.3 Å². The van der Waals surface area contributed by atoms with Crippen LogP contribution in [0.2, 0.25) is 0 Å². The number of hydrogen-bond acceptors (Lipinski definition) is 4. The van der Waals surface area contributed by atoms with Crippen molar-refractivity contribution in [3.05, 3.63) is 54.2 Å². The standard InChI is InChI=1S/C18H24N2O2/c1-2-13-21-17-9-7-16(8-10-17)15-19-11-5-14-22-18-6-3-4-12-20-18/h3-4,6-10,12,19H,2,5,11,13-15H2,1H3. The fourth-order valence-corrected chi connectivity index (χ4v) is 1.96. The Morgan fingerprint density at radius 2 is 1.86 bits per heavy atom. The zero-order valence-corrected chi connectivity index (χ0v) is 13.1. The molecule has 0 saturated heterocycles. The molecule has 2 rings (SSSR count). The summed E-state index contributed by atoms with van der Waals surface area (Å²) in [5, 5.41) is 3.41. The number of nitrogens with one attached hydrogen (secondary N) is 1. The van der Waals surface area contributed by atoms with Gasteiger partial charge in [-0.15, -0.1) is 0 Å². The zero-order valence-electron chi connectivity index (χ0n) is 13.1. The van der Waals surface area contributed by atoms with Gasteiger partial charge in [0, 0.05) is 18.8 Å². The first kappa shape index (κ1) is 16.3. The van der Waals surface area contributed by atoms with Crippen molar-refractivity contribution in [2.24, 2.45) is 0 Å². The first-order valence-corrected chi connectivity index (χ1v) is 7.85. The quantitative estimate of drug-likeness (QED) is 0.683. The van der Waals surface area contributed by atoms with E-state index in [4.69, 9.17) is 9.47 Å². The normalized spacial score (nSPS) is 10.4. The molecule has 0 amide bonds. The Morgan fingerprint density at radius 1 is 1.00 bits per heavy atom. The monoisotopic (exact) mass is 300 g/mol. The third-order valence-electron chi connectivity index (χ3n) is 3.11. The average Bonchev–Trinajstić information content (AvgIpc) is 2.58. The molecule has 22 heavy (non-hydrogen) atoms. The Morgan fingerprint density at radius 3 is 2.59 bits per heavy atom. The zero-order chi connectivity index (χ0) is 15.5. The minimum Gasteiger partial charge on any atom is -0.494 e. The molecular weight excluding hydrogens is 276 g/mol. The van der Waals surface area contributed by atoms with Gasteiger partial charge in [-0.2, -0.15) is 0 Å². The number of aromatic nitrogens is 1. The molecule has 0 aliphatic carbocycles. The molecule has 1 aromatic carbocycles. The van der Waals surface area contributed by atoms with Crippen LogP contribution in [0.4, 0.5) is 0 Å². The lowest BCUT2D eigenvalue weighted by molar-refractivity contribution is 0.296. The number of benzene rings is 1. The highest BCUT2D eigenvalue weighted by Gasteiger charge is 1.96. The van der Waals surface area contributed by atoms with Crippen molar-refractivity contribution >= 4 is 0 Å². The maximum atomic E-state index is 5.57. The summed E-state index contributed by atoms with van der Waals surface area (Å²) in [6.07, 6.45) is 3.72. The number of hydrogen-bond donors (Lipinski definition) is 1. The summed E-state index contributed by atoms with van der Waals surface area (Å²) in [6.45, 7) is 5.33. The molecule has 2 aromatic rings. The fourth-order valence-electron chi connectivity index (χ4n) is 1.96. The van der Waals surface area contributed by atoms with Gasteiger partial charge in [0.15, 0.2) is 0 Å². The van der Waals surface area contributed by atoms with Gasteiger partial charge >= 0.3 is 0 Å². The van der Waals surface area contributed by atoms with Gasteiger partial charge in [0.1, 0.15) is 5.75 Å². The lowest BCUT2D eigenvalue weighted by Crippen LogP contribution is -2.17. The minimum absolute atomic E-state index is 0.674. The number of pyridine rings is 1. The van der Waals surface area contributed by atoms with Crippen LogP contribution in [-0.2, 0) is 6.54 Å². The van der Waals surface area contributed by atoms with E-state index >= 15 is 0 Å². The molecule has 0 atom stereocenters. The van der Waals surface area contributed by atoms with Gasteiger partial charge in [-0.05, 0) is 43.1 Å². The van der Waals surface area contributed by atoms with Gasteiger partial charge in [0.2, 0.25) is 5.88 Å². The van der Waals surface area contributed by atoms with E-state index in [2.05, 4.69) is 29.4 Å². The highest BCUT2D eigenvalue weighted by atomic mass is 16.5. The van der Waals surface area contributed by atoms with Crippen molar-refractivity contribution in [1.29, 1.82) is 0 Å². The molecule has 0 fully saturated rings. The molecule has 0 spiro atoms. The van der Waals surface area contributed by atoms with E-state index in [1.807, 2.05) is 30.3 Å². The maximum absolute atomic E-state index is 5.57. The van der Waals surface area contributed by atoms with Crippen LogP contribution in [0.25, 0.3) is 0 Å². The van der Waals surface area contributed by atoms with Gasteiger partial charge < -0.3 is 14.8 Å². The molecule has 0 aliphatic rings. The van der Waals surface area contributed by atoms with Crippen LogP contribution in [0.3, 0.4) is 0 Å². The highest BCUT2D eigenvalue weighted by Crippen LogP contribution is 2.12. The molecule has 1 aromatic heterocycles. The van der Waals surface area contributed by atoms with E-state index < -0.39 is 0 Å². The van der Waals surface area contributed by atoms with E-state index in [1.165, 1.54) is 5.56 Å². The van der Waals surface area contributed by atoms with E-state index in [0.717, 1.165) is 38.3 Å². The van der Waals surface area contributed by atoms with Crippen LogP contribution in [0, 0.1) is 0 Å². The smallest absolute Gasteiger partial charge is 0.213 e. The predicted octanol–water partition coefficient (Wildman–Crippen LogP) is 3.43.